The highest BCUT2D eigenvalue weighted by Crippen LogP contribution is 2.44. The quantitative estimate of drug-likeness (QED) is 0.0391. The first-order valence-corrected chi connectivity index (χ1v) is 50.4. The van der Waals surface area contributed by atoms with Gasteiger partial charge in [0.1, 0.15) is 58.8 Å². The lowest BCUT2D eigenvalue weighted by atomic mass is 9.84. The molecule has 0 radical (unpaired) electrons. The molecule has 2 fully saturated rings. The highest BCUT2D eigenvalue weighted by atomic mass is 32.2. The molecule has 4 amide bonds. The van der Waals surface area contributed by atoms with Crippen molar-refractivity contribution in [2.45, 2.75) is 215 Å². The molecule has 12 aromatic rings. The van der Waals surface area contributed by atoms with Crippen molar-refractivity contribution in [1.82, 2.24) is 70.4 Å². The second kappa shape index (κ2) is 43.9. The fourth-order valence-corrected chi connectivity index (χ4v) is 20.9. The average Bonchev–Trinajstić information content (AvgIpc) is 1.77. The maximum Gasteiger partial charge on any atom is 0.317 e. The zero-order valence-corrected chi connectivity index (χ0v) is 81.4. The van der Waals surface area contributed by atoms with E-state index in [-0.39, 0.29) is 66.2 Å². The number of nitrogens with zero attached hydrogens (tertiary/aromatic N) is 14. The Hall–Kier alpha value is -14.5. The number of hydrogen-bond acceptors (Lipinski definition) is 27. The van der Waals surface area contributed by atoms with Crippen LogP contribution in [0.4, 0.5) is 9.59 Å². The van der Waals surface area contributed by atoms with Crippen LogP contribution in [0.3, 0.4) is 0 Å². The van der Waals surface area contributed by atoms with E-state index in [9.17, 15) is 52.3 Å². The maximum atomic E-state index is 12.6. The predicted octanol–water partition coefficient (Wildman–Crippen LogP) is 18.9. The van der Waals surface area contributed by atoms with Crippen LogP contribution >= 0.6 is 0 Å². The molecule has 4 aliphatic carbocycles. The summed E-state index contributed by atoms with van der Waals surface area (Å²) in [6.07, 6.45) is 10.5. The van der Waals surface area contributed by atoms with Crippen LogP contribution in [0, 0.1) is 57.2 Å². The minimum Gasteiger partial charge on any atom is -0.490 e. The van der Waals surface area contributed by atoms with Gasteiger partial charge >= 0.3 is 12.1 Å². The number of hydrogen-bond donors (Lipinski definition) is 4. The average molecular weight is 1920 g/mol. The molecule has 4 aromatic heterocycles. The van der Waals surface area contributed by atoms with Crippen LogP contribution in [-0.2, 0) is 50.5 Å². The van der Waals surface area contributed by atoms with E-state index in [2.05, 4.69) is 111 Å². The Morgan fingerprint density at radius 3 is 0.921 bits per heavy atom. The number of fused-ring (bicyclic) bond motifs is 4. The van der Waals surface area contributed by atoms with E-state index in [1.54, 1.807) is 60.7 Å². The van der Waals surface area contributed by atoms with Crippen molar-refractivity contribution < 1.29 is 68.3 Å². The number of benzene rings is 8. The molecule has 33 nitrogen and oxygen atoms in total. The highest BCUT2D eigenvalue weighted by molar-refractivity contribution is 7.90. The molecule has 6 aliphatic rings. The van der Waals surface area contributed by atoms with Gasteiger partial charge in [-0.1, -0.05) is 114 Å². The number of ether oxygens (including phenoxy) is 4. The first kappa shape index (κ1) is 99.0. The third-order valence-electron chi connectivity index (χ3n) is 24.3. The van der Waals surface area contributed by atoms with Crippen LogP contribution in [0.5, 0.6) is 23.0 Å². The molecule has 0 bridgehead atoms. The van der Waals surface area contributed by atoms with Gasteiger partial charge in [-0.15, -0.1) is 0 Å². The van der Waals surface area contributed by atoms with Crippen LogP contribution in [-0.4, -0.2) is 147 Å². The summed E-state index contributed by atoms with van der Waals surface area (Å²) in [6.45, 7) is 25.9. The standard InChI is InChI=1S/2C27H29N5O3.C25H26N4O5S.C25H28N4O4S/c2*1-16(2)34-24-11-10-18(12-19(24)13-28)26-30-25(31-35-26)22-8-4-7-21-20(22)6-5-9-23(21)29-27(33)32-14-17(3)15-32;1-15(2)33-23-11-10-17(12-18(23)13-26)25-27-24(28-34-25)21-8-4-7-20-19(21)6-5-9-22(20)29-35(31,32)14-16(3)30;1-4-13-34(30,31)29-22-10-6-7-19-20(22)8-5-9-21(19)24-27-25(33-28-24)17-11-12-23(32-16(2)3)18(14-17)15-26/h2*4,7-8,10-12,16-17,23H,5-6,9,14-15H2,1-3H3,(H,29,33);4,7-8,10-12,15,22,29H,5-6,9,14H2,1-3H3;5,8-9,11-12,14,16,22,29H,4,6-7,10,13H2,1-3H3/t2*23-;2*22-/m1000/s1. The van der Waals surface area contributed by atoms with Gasteiger partial charge in [0.15, 0.2) is 0 Å². The Morgan fingerprint density at radius 1 is 0.403 bits per heavy atom. The number of likely N-dealkylation sites (tertiary alicyclic amines) is 2. The number of sulfonamides is 2. The smallest absolute Gasteiger partial charge is 0.317 e. The predicted molar refractivity (Wildman–Crippen MR) is 519 cm³/mol. The van der Waals surface area contributed by atoms with Gasteiger partial charge in [-0.2, -0.15) is 41.0 Å². The molecule has 8 aromatic carbocycles. The fraction of sp³-hybridized carbons (Fsp3) is 0.394. The molecule has 35 heteroatoms. The number of urea groups is 2. The van der Waals surface area contributed by atoms with E-state index >= 15 is 0 Å². The van der Waals surface area contributed by atoms with Crippen molar-refractivity contribution in [3.63, 3.8) is 0 Å². The molecule has 2 aliphatic heterocycles. The second-order valence-electron chi connectivity index (χ2n) is 36.9. The molecular formula is C104H112N18O15S2. The fourth-order valence-electron chi connectivity index (χ4n) is 18.3. The first-order valence-electron chi connectivity index (χ1n) is 47.1. The van der Waals surface area contributed by atoms with Crippen LogP contribution in [0.1, 0.15) is 232 Å². The van der Waals surface area contributed by atoms with Crippen molar-refractivity contribution in [2.24, 2.45) is 11.8 Å². The van der Waals surface area contributed by atoms with E-state index in [4.69, 9.17) is 37.0 Å². The zero-order valence-electron chi connectivity index (χ0n) is 79.8. The Kier molecular flexibility index (Phi) is 31.3. The molecule has 139 heavy (non-hydrogen) atoms. The normalized spacial score (nSPS) is 16.5. The zero-order chi connectivity index (χ0) is 98.5. The summed E-state index contributed by atoms with van der Waals surface area (Å²) in [5, 5.41) is 61.4. The van der Waals surface area contributed by atoms with E-state index in [0.29, 0.717) is 133 Å². The summed E-state index contributed by atoms with van der Waals surface area (Å²) in [5.74, 6) is 5.43. The topological polar surface area (TPSA) is 462 Å². The lowest BCUT2D eigenvalue weighted by molar-refractivity contribution is -0.114. The number of ketones is 1. The highest BCUT2D eigenvalue weighted by Gasteiger charge is 2.37. The molecule has 4 N–H and O–H groups in total. The Labute approximate surface area is 808 Å². The monoisotopic (exact) mass is 1920 g/mol. The third-order valence-corrected chi connectivity index (χ3v) is 27.4. The molecule has 720 valence electrons. The molecule has 4 atom stereocenters. The molecule has 0 spiro atoms. The van der Waals surface area contributed by atoms with E-state index in [1.165, 1.54) is 6.92 Å². The first-order chi connectivity index (χ1) is 66.8. The van der Waals surface area contributed by atoms with Gasteiger partial charge in [-0.05, 0) is 275 Å². The van der Waals surface area contributed by atoms with Crippen molar-refractivity contribution >= 4 is 37.9 Å². The summed E-state index contributed by atoms with van der Waals surface area (Å²) < 4.78 is 100.0. The molecule has 2 saturated heterocycles. The van der Waals surface area contributed by atoms with Crippen LogP contribution < -0.4 is 39.0 Å². The molecular weight excluding hydrogens is 1810 g/mol. The minimum atomic E-state index is -3.74. The van der Waals surface area contributed by atoms with Gasteiger partial charge in [0, 0.05) is 82.8 Å². The van der Waals surface area contributed by atoms with Crippen molar-refractivity contribution in [2.75, 3.05) is 37.7 Å². The van der Waals surface area contributed by atoms with Crippen molar-refractivity contribution in [1.29, 1.82) is 21.0 Å². The summed E-state index contributed by atoms with van der Waals surface area (Å²) in [4.78, 5) is 58.8. The van der Waals surface area contributed by atoms with Gasteiger partial charge in [-0.3, -0.25) is 4.79 Å². The number of carbonyl (C=O) groups is 3. The van der Waals surface area contributed by atoms with Crippen LogP contribution in [0.25, 0.3) is 91.4 Å². The van der Waals surface area contributed by atoms with Gasteiger partial charge in [0.25, 0.3) is 23.6 Å². The third kappa shape index (κ3) is 23.9. The summed E-state index contributed by atoms with van der Waals surface area (Å²) in [5.41, 5.74) is 15.8. The second-order valence-corrected chi connectivity index (χ2v) is 40.5. The number of nitriles is 4. The van der Waals surface area contributed by atoms with Gasteiger partial charge < -0.3 is 57.5 Å². The van der Waals surface area contributed by atoms with Gasteiger partial charge in [-0.25, -0.2) is 35.9 Å². The summed E-state index contributed by atoms with van der Waals surface area (Å²) >= 11 is 0. The number of rotatable bonds is 26. The summed E-state index contributed by atoms with van der Waals surface area (Å²) in [6, 6.07) is 52.2. The van der Waals surface area contributed by atoms with Gasteiger partial charge in [0.2, 0.25) is 43.3 Å². The molecule has 0 unspecified atom stereocenters. The number of Topliss-reactive ketones (excluding diaryl/α,β-unsaturated/α-hetero) is 1. The van der Waals surface area contributed by atoms with E-state index < -0.39 is 37.6 Å². The summed E-state index contributed by atoms with van der Waals surface area (Å²) in [7, 11) is -7.07. The van der Waals surface area contributed by atoms with Gasteiger partial charge in [0.05, 0.1) is 64.5 Å². The largest absolute Gasteiger partial charge is 0.490 e. The maximum absolute atomic E-state index is 12.6. The Morgan fingerprint density at radius 2 is 0.669 bits per heavy atom. The lowest BCUT2D eigenvalue weighted by Crippen LogP contribution is -2.53. The number of carbonyl (C=O) groups excluding carboxylic acids is 3. The van der Waals surface area contributed by atoms with Crippen LogP contribution in [0.2, 0.25) is 0 Å². The van der Waals surface area contributed by atoms with E-state index in [1.807, 2.05) is 145 Å². The number of amides is 4. The lowest BCUT2D eigenvalue weighted by Gasteiger charge is -2.38. The van der Waals surface area contributed by atoms with Crippen molar-refractivity contribution in [3.05, 3.63) is 212 Å². The SMILES string of the molecule is CC(=O)CS(=O)(=O)N[C@H]1CCCc2c(-c3noc(-c4ccc(OC(C)C)c(C#N)c4)n3)cccc21.CC1CN(C(=O)N[C@@H]2CCCc3c(-c4noc(-c5ccc(OC(C)C)c(C#N)c5)n4)cccc32)C1.CC1CN(C(=O)N[C@H]2CCCc3c(-c4noc(-c5ccc(OC(C)C)c(C#N)c5)n4)cccc32)C1.CCCS(=O)(=O)N[C@H]1CCCc2c(-c3noc(-c4ccc(OC(C)C)c(C#N)c4)n3)cccc21. The number of nitrogens with one attached hydrogen (secondary N) is 4. The number of aromatic nitrogens is 8. The Balaban J connectivity index is 0.000000140. The molecule has 18 rings (SSSR count). The van der Waals surface area contributed by atoms with Crippen LogP contribution in [0.15, 0.2) is 164 Å². The van der Waals surface area contributed by atoms with E-state index in [0.717, 1.165) is 164 Å². The van der Waals surface area contributed by atoms with Crippen molar-refractivity contribution in [3.8, 4) is 139 Å². The molecule has 0 saturated carbocycles. The minimum absolute atomic E-state index is 0.00592. The molecule has 6 heterocycles. The Bertz CT molecular complexity index is 6740.